The van der Waals surface area contributed by atoms with Crippen LogP contribution in [0.1, 0.15) is 23.0 Å². The Balaban J connectivity index is 2.20. The number of hydrogen-bond donors (Lipinski definition) is 1. The van der Waals surface area contributed by atoms with Gasteiger partial charge in [-0.2, -0.15) is 0 Å². The Kier molecular flexibility index (Phi) is 5.22. The molecule has 3 aromatic rings. The van der Waals surface area contributed by atoms with Crippen molar-refractivity contribution in [2.45, 2.75) is 13.8 Å². The Labute approximate surface area is 152 Å². The van der Waals surface area contributed by atoms with Crippen molar-refractivity contribution in [2.75, 3.05) is 6.61 Å². The van der Waals surface area contributed by atoms with Crippen molar-refractivity contribution in [3.63, 3.8) is 0 Å². The number of rotatable bonds is 5. The Morgan fingerprint density at radius 1 is 1.12 bits per heavy atom. The minimum Gasteiger partial charge on any atom is -0.312 e. The van der Waals surface area contributed by atoms with Gasteiger partial charge in [0.25, 0.3) is 5.91 Å². The lowest BCUT2D eigenvalue weighted by atomic mass is 10.1. The van der Waals surface area contributed by atoms with Crippen molar-refractivity contribution in [1.29, 1.82) is 0 Å². The molecule has 1 N–H and O–H groups in total. The molecule has 0 saturated heterocycles. The second-order valence-corrected chi connectivity index (χ2v) is 5.95. The van der Waals surface area contributed by atoms with E-state index in [-0.39, 0.29) is 5.91 Å². The van der Waals surface area contributed by atoms with E-state index in [1.165, 1.54) is 0 Å². The van der Waals surface area contributed by atoms with Gasteiger partial charge in [-0.1, -0.05) is 54.1 Å². The molecule has 25 heavy (non-hydrogen) atoms. The van der Waals surface area contributed by atoms with Crippen LogP contribution in [-0.4, -0.2) is 17.1 Å². The normalized spacial score (nSPS) is 10.7. The molecule has 1 heterocycles. The molecule has 0 aliphatic rings. The lowest BCUT2D eigenvalue weighted by Gasteiger charge is -2.14. The fourth-order valence-corrected chi connectivity index (χ4v) is 3.01. The molecule has 0 aliphatic carbocycles. The predicted octanol–water partition coefficient (Wildman–Crippen LogP) is 4.79. The van der Waals surface area contributed by atoms with Gasteiger partial charge in [-0.05, 0) is 37.6 Å². The molecule has 1 amide bonds. The second-order valence-electron chi connectivity index (χ2n) is 5.55. The van der Waals surface area contributed by atoms with Gasteiger partial charge in [-0.15, -0.1) is 0 Å². The van der Waals surface area contributed by atoms with E-state index in [0.29, 0.717) is 17.2 Å². The molecule has 1 aromatic heterocycles. The summed E-state index contributed by atoms with van der Waals surface area (Å²) in [5.41, 5.74) is 6.53. The van der Waals surface area contributed by atoms with Crippen LogP contribution in [0.2, 0.25) is 5.02 Å². The maximum atomic E-state index is 12.5. The summed E-state index contributed by atoms with van der Waals surface area (Å²) in [5.74, 6) is -0.276. The highest BCUT2D eigenvalue weighted by Gasteiger charge is 2.20. The summed E-state index contributed by atoms with van der Waals surface area (Å²) in [7, 11) is 0. The highest BCUT2D eigenvalue weighted by atomic mass is 35.5. The maximum absolute atomic E-state index is 12.5. The zero-order chi connectivity index (χ0) is 17.8. The third-order valence-corrected chi connectivity index (χ3v) is 4.28. The minimum absolute atomic E-state index is 0.276. The van der Waals surface area contributed by atoms with Crippen molar-refractivity contribution in [3.8, 4) is 16.9 Å². The molecule has 0 spiro atoms. The summed E-state index contributed by atoms with van der Waals surface area (Å²) in [6, 6.07) is 19.4. The van der Waals surface area contributed by atoms with E-state index in [9.17, 15) is 4.79 Å². The van der Waals surface area contributed by atoms with E-state index < -0.39 is 0 Å². The summed E-state index contributed by atoms with van der Waals surface area (Å²) < 4.78 is 2.00. The van der Waals surface area contributed by atoms with Gasteiger partial charge in [0.15, 0.2) is 0 Å². The van der Waals surface area contributed by atoms with Crippen LogP contribution in [0.3, 0.4) is 0 Å². The number of hydrogen-bond acceptors (Lipinski definition) is 2. The molecule has 5 heteroatoms. The van der Waals surface area contributed by atoms with Gasteiger partial charge in [0.1, 0.15) is 0 Å². The molecule has 0 aliphatic heterocycles. The van der Waals surface area contributed by atoms with Gasteiger partial charge >= 0.3 is 0 Å². The standard InChI is InChI=1S/C20H19ClN2O2/c1-3-25-22-20(24)16-13-19(15-9-5-4-6-10-15)23(14(16)2)18-12-8-7-11-17(18)21/h4-13H,3H2,1-2H3,(H,22,24). The molecular formula is C20H19ClN2O2. The number of carbonyl (C=O) groups excluding carboxylic acids is 1. The molecule has 0 radical (unpaired) electrons. The largest absolute Gasteiger partial charge is 0.312 e. The quantitative estimate of drug-likeness (QED) is 0.669. The van der Waals surface area contributed by atoms with Crippen LogP contribution >= 0.6 is 11.6 Å². The minimum atomic E-state index is -0.276. The van der Waals surface area contributed by atoms with E-state index in [0.717, 1.165) is 22.6 Å². The zero-order valence-corrected chi connectivity index (χ0v) is 14.9. The molecule has 2 aromatic carbocycles. The molecule has 0 saturated carbocycles. The third-order valence-electron chi connectivity index (χ3n) is 3.96. The van der Waals surface area contributed by atoms with E-state index in [1.54, 1.807) is 0 Å². The van der Waals surface area contributed by atoms with Crippen LogP contribution in [0.4, 0.5) is 0 Å². The van der Waals surface area contributed by atoms with Crippen molar-refractivity contribution in [2.24, 2.45) is 0 Å². The fourth-order valence-electron chi connectivity index (χ4n) is 2.79. The number of halogens is 1. The van der Waals surface area contributed by atoms with E-state index in [4.69, 9.17) is 16.4 Å². The third kappa shape index (κ3) is 3.45. The fraction of sp³-hybridized carbons (Fsp3) is 0.150. The van der Waals surface area contributed by atoms with Crippen LogP contribution in [-0.2, 0) is 4.84 Å². The summed E-state index contributed by atoms with van der Waals surface area (Å²) in [6.45, 7) is 4.12. The first-order valence-corrected chi connectivity index (χ1v) is 8.46. The number of aromatic nitrogens is 1. The Hall–Kier alpha value is -2.56. The predicted molar refractivity (Wildman–Crippen MR) is 100 cm³/mol. The van der Waals surface area contributed by atoms with Crippen LogP contribution in [0.5, 0.6) is 0 Å². The number of carbonyl (C=O) groups is 1. The highest BCUT2D eigenvalue weighted by Crippen LogP contribution is 2.32. The molecule has 4 nitrogen and oxygen atoms in total. The van der Waals surface area contributed by atoms with Crippen LogP contribution in [0, 0.1) is 6.92 Å². The van der Waals surface area contributed by atoms with Crippen molar-refractivity contribution in [1.82, 2.24) is 10.0 Å². The number of nitrogens with one attached hydrogen (secondary N) is 1. The van der Waals surface area contributed by atoms with Gasteiger partial charge < -0.3 is 4.57 Å². The van der Waals surface area contributed by atoms with E-state index in [2.05, 4.69) is 5.48 Å². The van der Waals surface area contributed by atoms with Gasteiger partial charge in [0.2, 0.25) is 0 Å². The maximum Gasteiger partial charge on any atom is 0.276 e. The molecule has 3 rings (SSSR count). The topological polar surface area (TPSA) is 43.3 Å². The van der Waals surface area contributed by atoms with Crippen molar-refractivity contribution in [3.05, 3.63) is 76.9 Å². The zero-order valence-electron chi connectivity index (χ0n) is 14.1. The van der Waals surface area contributed by atoms with Crippen LogP contribution < -0.4 is 5.48 Å². The number of benzene rings is 2. The monoisotopic (exact) mass is 354 g/mol. The molecule has 0 atom stereocenters. The number of nitrogens with zero attached hydrogens (tertiary/aromatic N) is 1. The summed E-state index contributed by atoms with van der Waals surface area (Å²) in [6.07, 6.45) is 0. The van der Waals surface area contributed by atoms with Crippen LogP contribution in [0.15, 0.2) is 60.7 Å². The van der Waals surface area contributed by atoms with E-state index >= 15 is 0 Å². The molecule has 128 valence electrons. The van der Waals surface area contributed by atoms with Gasteiger partial charge in [-0.3, -0.25) is 9.63 Å². The number of amides is 1. The molecule has 0 unspecified atom stereocenters. The van der Waals surface area contributed by atoms with Gasteiger partial charge in [-0.25, -0.2) is 5.48 Å². The Bertz CT molecular complexity index is 888. The second kappa shape index (κ2) is 7.55. The van der Waals surface area contributed by atoms with E-state index in [1.807, 2.05) is 79.1 Å². The Morgan fingerprint density at radius 2 is 1.80 bits per heavy atom. The number of hydroxylamine groups is 1. The first-order chi connectivity index (χ1) is 12.1. The highest BCUT2D eigenvalue weighted by molar-refractivity contribution is 6.32. The summed E-state index contributed by atoms with van der Waals surface area (Å²) >= 11 is 6.42. The molecular weight excluding hydrogens is 336 g/mol. The van der Waals surface area contributed by atoms with Crippen LogP contribution in [0.25, 0.3) is 16.9 Å². The van der Waals surface area contributed by atoms with Crippen molar-refractivity contribution >= 4 is 17.5 Å². The first kappa shape index (κ1) is 17.3. The van der Waals surface area contributed by atoms with Gasteiger partial charge in [0.05, 0.1) is 28.6 Å². The lowest BCUT2D eigenvalue weighted by molar-refractivity contribution is 0.0364. The number of para-hydroxylation sites is 1. The summed E-state index contributed by atoms with van der Waals surface area (Å²) in [4.78, 5) is 17.5. The smallest absolute Gasteiger partial charge is 0.276 e. The van der Waals surface area contributed by atoms with Crippen molar-refractivity contribution < 1.29 is 9.63 Å². The van der Waals surface area contributed by atoms with Gasteiger partial charge in [0, 0.05) is 5.69 Å². The lowest BCUT2D eigenvalue weighted by Crippen LogP contribution is -2.24. The SMILES string of the molecule is CCONC(=O)c1cc(-c2ccccc2)n(-c2ccccc2Cl)c1C. The first-order valence-electron chi connectivity index (χ1n) is 8.08. The molecule has 0 bridgehead atoms. The average Bonchev–Trinajstić information content (AvgIpc) is 2.98. The average molecular weight is 355 g/mol. The Morgan fingerprint density at radius 3 is 2.48 bits per heavy atom. The summed E-state index contributed by atoms with van der Waals surface area (Å²) in [5, 5.41) is 0.621. The molecule has 0 fully saturated rings.